The van der Waals surface area contributed by atoms with Gasteiger partial charge in [0.15, 0.2) is 0 Å². The van der Waals surface area contributed by atoms with E-state index >= 15 is 0 Å². The van der Waals surface area contributed by atoms with Gasteiger partial charge in [-0.3, -0.25) is 0 Å². The Morgan fingerprint density at radius 2 is 2.06 bits per heavy atom. The van der Waals surface area contributed by atoms with Crippen LogP contribution in [0.1, 0.15) is 24.8 Å². The van der Waals surface area contributed by atoms with E-state index in [2.05, 4.69) is 43.1 Å². The molecule has 0 saturated heterocycles. The van der Waals surface area contributed by atoms with Crippen molar-refractivity contribution in [2.75, 3.05) is 18.5 Å². The Morgan fingerprint density at radius 1 is 1.31 bits per heavy atom. The van der Waals surface area contributed by atoms with Gasteiger partial charge in [0.05, 0.1) is 6.10 Å². The maximum absolute atomic E-state index is 9.83. The predicted molar refractivity (Wildman–Crippen MR) is 67.8 cm³/mol. The van der Waals surface area contributed by atoms with Crippen molar-refractivity contribution in [2.45, 2.75) is 32.3 Å². The van der Waals surface area contributed by atoms with Gasteiger partial charge < -0.3 is 10.0 Å². The summed E-state index contributed by atoms with van der Waals surface area (Å²) in [7, 11) is 2.12. The van der Waals surface area contributed by atoms with Gasteiger partial charge in [-0.25, -0.2) is 0 Å². The third-order valence-corrected chi connectivity index (χ3v) is 3.65. The molecule has 1 fully saturated rings. The van der Waals surface area contributed by atoms with Crippen molar-refractivity contribution in [2.24, 2.45) is 5.92 Å². The first kappa shape index (κ1) is 11.5. The van der Waals surface area contributed by atoms with Crippen LogP contribution in [0.2, 0.25) is 0 Å². The molecule has 2 atom stereocenters. The lowest BCUT2D eigenvalue weighted by atomic mass is 10.0. The average molecular weight is 219 g/mol. The van der Waals surface area contributed by atoms with E-state index < -0.39 is 0 Å². The molecule has 2 heteroatoms. The molecule has 1 aliphatic rings. The highest BCUT2D eigenvalue weighted by Crippen LogP contribution is 2.28. The zero-order valence-electron chi connectivity index (χ0n) is 10.2. The van der Waals surface area contributed by atoms with Crippen LogP contribution in [0.5, 0.6) is 0 Å². The van der Waals surface area contributed by atoms with Crippen LogP contribution in [0.25, 0.3) is 0 Å². The Bertz CT molecular complexity index is 350. The monoisotopic (exact) mass is 219 g/mol. The molecule has 0 amide bonds. The molecule has 0 heterocycles. The van der Waals surface area contributed by atoms with E-state index in [1.807, 2.05) is 0 Å². The number of rotatable bonds is 3. The van der Waals surface area contributed by atoms with Gasteiger partial charge in [-0.2, -0.15) is 0 Å². The third kappa shape index (κ3) is 2.38. The van der Waals surface area contributed by atoms with Crippen molar-refractivity contribution in [3.8, 4) is 0 Å². The van der Waals surface area contributed by atoms with Crippen LogP contribution in [-0.4, -0.2) is 24.8 Å². The normalized spacial score (nSPS) is 24.7. The van der Waals surface area contributed by atoms with Crippen LogP contribution in [0, 0.1) is 12.8 Å². The number of aliphatic hydroxyl groups excluding tert-OH is 1. The number of aryl methyl sites for hydroxylation is 1. The van der Waals surface area contributed by atoms with Crippen molar-refractivity contribution in [1.82, 2.24) is 0 Å². The minimum absolute atomic E-state index is 0.0912. The van der Waals surface area contributed by atoms with E-state index in [1.54, 1.807) is 0 Å². The number of nitrogens with zero attached hydrogens (tertiary/aromatic N) is 1. The second-order valence-corrected chi connectivity index (χ2v) is 4.93. The molecular weight excluding hydrogens is 198 g/mol. The molecule has 2 rings (SSSR count). The fourth-order valence-corrected chi connectivity index (χ4v) is 2.67. The summed E-state index contributed by atoms with van der Waals surface area (Å²) in [6.45, 7) is 3.10. The molecule has 1 saturated carbocycles. The lowest BCUT2D eigenvalue weighted by molar-refractivity contribution is 0.136. The van der Waals surface area contributed by atoms with E-state index in [9.17, 15) is 5.11 Å². The minimum Gasteiger partial charge on any atom is -0.393 e. The summed E-state index contributed by atoms with van der Waals surface area (Å²) in [6.07, 6.45) is 3.23. The Morgan fingerprint density at radius 3 is 2.69 bits per heavy atom. The van der Waals surface area contributed by atoms with Crippen LogP contribution in [-0.2, 0) is 0 Å². The first-order valence-corrected chi connectivity index (χ1v) is 6.13. The largest absolute Gasteiger partial charge is 0.393 e. The third-order valence-electron chi connectivity index (χ3n) is 3.65. The molecule has 1 aromatic carbocycles. The number of para-hydroxylation sites is 1. The van der Waals surface area contributed by atoms with Crippen molar-refractivity contribution < 1.29 is 5.11 Å². The zero-order valence-corrected chi connectivity index (χ0v) is 10.2. The van der Waals surface area contributed by atoms with Gasteiger partial charge in [0.25, 0.3) is 0 Å². The van der Waals surface area contributed by atoms with E-state index in [1.165, 1.54) is 17.7 Å². The summed E-state index contributed by atoms with van der Waals surface area (Å²) in [5, 5.41) is 9.83. The summed E-state index contributed by atoms with van der Waals surface area (Å²) in [4.78, 5) is 2.27. The molecule has 0 aromatic heterocycles. The van der Waals surface area contributed by atoms with Crippen LogP contribution in [0.4, 0.5) is 5.69 Å². The van der Waals surface area contributed by atoms with E-state index in [4.69, 9.17) is 0 Å². The van der Waals surface area contributed by atoms with Gasteiger partial charge in [-0.1, -0.05) is 24.6 Å². The van der Waals surface area contributed by atoms with Gasteiger partial charge in [-0.15, -0.1) is 0 Å². The quantitative estimate of drug-likeness (QED) is 0.844. The fourth-order valence-electron chi connectivity index (χ4n) is 2.67. The Hall–Kier alpha value is -1.02. The predicted octanol–water partition coefficient (Wildman–Crippen LogP) is 2.59. The van der Waals surface area contributed by atoms with Gasteiger partial charge in [0.2, 0.25) is 0 Å². The second kappa shape index (κ2) is 4.88. The van der Waals surface area contributed by atoms with Crippen molar-refractivity contribution in [3.63, 3.8) is 0 Å². The van der Waals surface area contributed by atoms with Gasteiger partial charge >= 0.3 is 0 Å². The highest BCUT2D eigenvalue weighted by Gasteiger charge is 2.26. The molecule has 0 spiro atoms. The Kier molecular flexibility index (Phi) is 3.49. The highest BCUT2D eigenvalue weighted by molar-refractivity contribution is 5.52. The molecule has 16 heavy (non-hydrogen) atoms. The summed E-state index contributed by atoms with van der Waals surface area (Å²) in [5.74, 6) is 0.449. The number of benzene rings is 1. The van der Waals surface area contributed by atoms with Gasteiger partial charge in [0, 0.05) is 25.2 Å². The number of hydrogen-bond acceptors (Lipinski definition) is 2. The van der Waals surface area contributed by atoms with E-state index in [0.717, 1.165) is 19.4 Å². The standard InChI is InChI=1S/C14H21NO/c1-11-6-3-4-8-13(11)15(2)10-12-7-5-9-14(12)16/h3-4,6,8,12,14,16H,5,7,9-10H2,1-2H3. The van der Waals surface area contributed by atoms with Crippen molar-refractivity contribution in [1.29, 1.82) is 0 Å². The van der Waals surface area contributed by atoms with Gasteiger partial charge in [0.1, 0.15) is 0 Å². The first-order chi connectivity index (χ1) is 7.68. The smallest absolute Gasteiger partial charge is 0.0585 e. The zero-order chi connectivity index (χ0) is 11.5. The number of hydrogen-bond donors (Lipinski definition) is 1. The molecule has 2 unspecified atom stereocenters. The van der Waals surface area contributed by atoms with E-state index in [-0.39, 0.29) is 6.10 Å². The molecule has 88 valence electrons. The molecule has 1 aromatic rings. The van der Waals surface area contributed by atoms with Crippen LogP contribution < -0.4 is 4.90 Å². The van der Waals surface area contributed by atoms with Crippen LogP contribution in [0.15, 0.2) is 24.3 Å². The summed E-state index contributed by atoms with van der Waals surface area (Å²) in [6, 6.07) is 8.43. The SMILES string of the molecule is Cc1ccccc1N(C)CC1CCCC1O. The highest BCUT2D eigenvalue weighted by atomic mass is 16.3. The van der Waals surface area contributed by atoms with Crippen LogP contribution >= 0.6 is 0 Å². The lowest BCUT2D eigenvalue weighted by Crippen LogP contribution is -2.30. The topological polar surface area (TPSA) is 23.5 Å². The number of aliphatic hydroxyl groups is 1. The molecule has 2 nitrogen and oxygen atoms in total. The Balaban J connectivity index is 2.03. The summed E-state index contributed by atoms with van der Waals surface area (Å²) in [5.41, 5.74) is 2.58. The maximum atomic E-state index is 9.83. The minimum atomic E-state index is -0.0912. The first-order valence-electron chi connectivity index (χ1n) is 6.13. The molecule has 0 bridgehead atoms. The van der Waals surface area contributed by atoms with E-state index in [0.29, 0.717) is 5.92 Å². The molecule has 0 aliphatic heterocycles. The van der Waals surface area contributed by atoms with Crippen LogP contribution in [0.3, 0.4) is 0 Å². The van der Waals surface area contributed by atoms with Crippen molar-refractivity contribution >= 4 is 5.69 Å². The fraction of sp³-hybridized carbons (Fsp3) is 0.571. The molecular formula is C14H21NO. The average Bonchev–Trinajstić information content (AvgIpc) is 2.65. The molecule has 0 radical (unpaired) electrons. The molecule has 1 aliphatic carbocycles. The summed E-state index contributed by atoms with van der Waals surface area (Å²) >= 11 is 0. The second-order valence-electron chi connectivity index (χ2n) is 4.93. The lowest BCUT2D eigenvalue weighted by Gasteiger charge is -2.26. The summed E-state index contributed by atoms with van der Waals surface area (Å²) < 4.78 is 0. The van der Waals surface area contributed by atoms with Crippen molar-refractivity contribution in [3.05, 3.63) is 29.8 Å². The Labute approximate surface area is 97.9 Å². The van der Waals surface area contributed by atoms with Gasteiger partial charge in [-0.05, 0) is 31.4 Å². The number of anilines is 1. The maximum Gasteiger partial charge on any atom is 0.0585 e. The molecule has 1 N–H and O–H groups in total.